The monoisotopic (exact) mass is 402 g/mol. The smallest absolute Gasteiger partial charge is 0.234 e. The summed E-state index contributed by atoms with van der Waals surface area (Å²) in [5, 5.41) is 19.7. The van der Waals surface area contributed by atoms with Crippen molar-refractivity contribution in [2.45, 2.75) is 46.5 Å². The number of nitrogens with zero attached hydrogens (tertiary/aromatic N) is 4. The van der Waals surface area contributed by atoms with Crippen LogP contribution in [0.4, 0.5) is 5.69 Å². The molecule has 0 aliphatic heterocycles. The molecule has 0 unspecified atom stereocenters. The van der Waals surface area contributed by atoms with Crippen molar-refractivity contribution in [3.8, 4) is 10.6 Å². The molecule has 1 amide bonds. The van der Waals surface area contributed by atoms with Gasteiger partial charge in [-0.25, -0.2) is 0 Å². The number of carbonyl (C=O) groups excluding carboxylic acids is 1. The van der Waals surface area contributed by atoms with Crippen molar-refractivity contribution in [3.63, 3.8) is 0 Å². The zero-order valence-electron chi connectivity index (χ0n) is 15.6. The molecule has 142 valence electrons. The Kier molecular flexibility index (Phi) is 6.12. The van der Waals surface area contributed by atoms with Crippen molar-refractivity contribution < 1.29 is 4.79 Å². The van der Waals surface area contributed by atoms with Crippen LogP contribution in [0.2, 0.25) is 0 Å². The number of rotatable bonds is 6. The fraction of sp³-hybridized carbons (Fsp3) is 0.389. The van der Waals surface area contributed by atoms with Gasteiger partial charge in [-0.2, -0.15) is 9.61 Å². The molecule has 2 N–H and O–H groups in total. The number of aromatic nitrogens is 4. The van der Waals surface area contributed by atoms with E-state index >= 15 is 0 Å². The minimum atomic E-state index is -0.0506. The van der Waals surface area contributed by atoms with Crippen molar-refractivity contribution in [1.29, 1.82) is 0 Å². The summed E-state index contributed by atoms with van der Waals surface area (Å²) in [6, 6.07) is 5.95. The summed E-state index contributed by atoms with van der Waals surface area (Å²) < 4.78 is 1.74. The van der Waals surface area contributed by atoms with E-state index in [-0.39, 0.29) is 5.91 Å². The van der Waals surface area contributed by atoms with Gasteiger partial charge in [0.25, 0.3) is 0 Å². The van der Waals surface area contributed by atoms with Crippen LogP contribution in [0.1, 0.15) is 44.0 Å². The molecule has 2 heterocycles. The van der Waals surface area contributed by atoms with Crippen LogP contribution >= 0.6 is 23.6 Å². The van der Waals surface area contributed by atoms with Gasteiger partial charge in [-0.15, -0.1) is 10.2 Å². The lowest BCUT2D eigenvalue weighted by Gasteiger charge is -2.12. The number of nitrogens with one attached hydrogen (secondary N) is 2. The van der Waals surface area contributed by atoms with Gasteiger partial charge >= 0.3 is 0 Å². The number of amides is 1. The van der Waals surface area contributed by atoms with Crippen LogP contribution in [0.25, 0.3) is 15.5 Å². The largest absolute Gasteiger partial charge is 0.332 e. The fourth-order valence-electron chi connectivity index (χ4n) is 2.65. The van der Waals surface area contributed by atoms with Crippen LogP contribution in [-0.2, 0) is 4.79 Å². The number of fused-ring (bicyclic) bond motifs is 1. The van der Waals surface area contributed by atoms with Crippen LogP contribution in [0.3, 0.4) is 0 Å². The van der Waals surface area contributed by atoms with Gasteiger partial charge in [-0.3, -0.25) is 4.79 Å². The third-order valence-corrected chi connectivity index (χ3v) is 5.28. The van der Waals surface area contributed by atoms with Gasteiger partial charge < -0.3 is 10.6 Å². The van der Waals surface area contributed by atoms with Gasteiger partial charge in [0.2, 0.25) is 10.9 Å². The summed E-state index contributed by atoms with van der Waals surface area (Å²) in [5.74, 6) is 0.716. The van der Waals surface area contributed by atoms with E-state index < -0.39 is 0 Å². The summed E-state index contributed by atoms with van der Waals surface area (Å²) >= 11 is 6.74. The minimum absolute atomic E-state index is 0.0506. The third-order valence-electron chi connectivity index (χ3n) is 4.13. The second kappa shape index (κ2) is 8.53. The van der Waals surface area contributed by atoms with E-state index in [2.05, 4.69) is 32.9 Å². The Bertz CT molecular complexity index is 978. The number of aryl methyl sites for hydroxylation is 2. The molecular formula is C18H22N6OS2. The Morgan fingerprint density at radius 3 is 2.78 bits per heavy atom. The quantitative estimate of drug-likeness (QED) is 0.481. The highest BCUT2D eigenvalue weighted by molar-refractivity contribution is 7.80. The molecule has 0 spiro atoms. The van der Waals surface area contributed by atoms with E-state index in [1.165, 1.54) is 11.3 Å². The average molecular weight is 403 g/mol. The zero-order chi connectivity index (χ0) is 19.4. The van der Waals surface area contributed by atoms with Gasteiger partial charge in [-0.1, -0.05) is 31.1 Å². The Labute approximate surface area is 167 Å². The van der Waals surface area contributed by atoms with Gasteiger partial charge in [0.15, 0.2) is 10.9 Å². The first-order valence-corrected chi connectivity index (χ1v) is 10.1. The van der Waals surface area contributed by atoms with Gasteiger partial charge in [0.1, 0.15) is 5.01 Å². The Balaban J connectivity index is 1.65. The average Bonchev–Trinajstić information content (AvgIpc) is 3.19. The minimum Gasteiger partial charge on any atom is -0.332 e. The summed E-state index contributed by atoms with van der Waals surface area (Å²) in [7, 11) is 0. The van der Waals surface area contributed by atoms with Crippen LogP contribution in [-0.4, -0.2) is 30.8 Å². The molecule has 0 saturated carbocycles. The normalized spacial score (nSPS) is 10.9. The lowest BCUT2D eigenvalue weighted by Crippen LogP contribution is -2.34. The van der Waals surface area contributed by atoms with Crippen LogP contribution in [0.5, 0.6) is 0 Å². The van der Waals surface area contributed by atoms with Crippen LogP contribution in [0.15, 0.2) is 18.2 Å². The number of hydrogen-bond acceptors (Lipinski definition) is 6. The van der Waals surface area contributed by atoms with E-state index in [0.29, 0.717) is 11.5 Å². The number of anilines is 1. The van der Waals surface area contributed by atoms with E-state index in [9.17, 15) is 4.79 Å². The van der Waals surface area contributed by atoms with E-state index in [0.717, 1.165) is 51.9 Å². The first kappa shape index (κ1) is 19.4. The maximum absolute atomic E-state index is 11.9. The molecule has 3 rings (SSSR count). The standard InChI is InChI=1S/C18H22N6OS2/c1-4-5-6-7-15(25)20-17(26)19-14-9-8-13(10-11(14)2)16-23-24-12(3)21-22-18(24)27-16/h8-10H,4-7H2,1-3H3,(H2,19,20,25,26). The zero-order valence-corrected chi connectivity index (χ0v) is 17.2. The summed E-state index contributed by atoms with van der Waals surface area (Å²) in [6.07, 6.45) is 3.51. The first-order valence-electron chi connectivity index (χ1n) is 8.88. The van der Waals surface area contributed by atoms with E-state index in [1.807, 2.05) is 32.0 Å². The molecule has 0 bridgehead atoms. The molecule has 9 heteroatoms. The molecule has 0 radical (unpaired) electrons. The van der Waals surface area contributed by atoms with Crippen LogP contribution < -0.4 is 10.6 Å². The summed E-state index contributed by atoms with van der Waals surface area (Å²) in [4.78, 5) is 12.6. The Hall–Kier alpha value is -2.39. The fourth-order valence-corrected chi connectivity index (χ4v) is 3.75. The second-order valence-corrected chi connectivity index (χ2v) is 7.70. The summed E-state index contributed by atoms with van der Waals surface area (Å²) in [6.45, 7) is 5.97. The predicted octanol–water partition coefficient (Wildman–Crippen LogP) is 3.86. The first-order chi connectivity index (χ1) is 13.0. The summed E-state index contributed by atoms with van der Waals surface area (Å²) in [5.41, 5.74) is 2.87. The highest BCUT2D eigenvalue weighted by Gasteiger charge is 2.12. The number of hydrogen-bond donors (Lipinski definition) is 2. The molecule has 3 aromatic rings. The molecular weight excluding hydrogens is 380 g/mol. The SMILES string of the molecule is CCCCCC(=O)NC(=S)Nc1ccc(-c2nn3c(C)nnc3s2)cc1C. The molecule has 0 fully saturated rings. The third kappa shape index (κ3) is 4.67. The molecule has 0 atom stereocenters. The van der Waals surface area contributed by atoms with Crippen molar-refractivity contribution in [2.24, 2.45) is 0 Å². The second-order valence-electron chi connectivity index (χ2n) is 6.34. The van der Waals surface area contributed by atoms with Gasteiger partial charge in [0, 0.05) is 17.7 Å². The maximum atomic E-state index is 11.9. The van der Waals surface area contributed by atoms with Gasteiger partial charge in [-0.05, 0) is 56.2 Å². The van der Waals surface area contributed by atoms with Crippen molar-refractivity contribution in [1.82, 2.24) is 25.1 Å². The van der Waals surface area contributed by atoms with E-state index in [4.69, 9.17) is 12.2 Å². The Morgan fingerprint density at radius 1 is 1.26 bits per heavy atom. The molecule has 0 aliphatic rings. The molecule has 0 aliphatic carbocycles. The molecule has 7 nitrogen and oxygen atoms in total. The van der Waals surface area contributed by atoms with Crippen molar-refractivity contribution in [2.75, 3.05) is 5.32 Å². The number of thiocarbonyl (C=S) groups is 1. The van der Waals surface area contributed by atoms with Gasteiger partial charge in [0.05, 0.1) is 0 Å². The maximum Gasteiger partial charge on any atom is 0.234 e. The lowest BCUT2D eigenvalue weighted by molar-refractivity contribution is -0.119. The topological polar surface area (TPSA) is 84.2 Å². The highest BCUT2D eigenvalue weighted by atomic mass is 32.1. The number of unbranched alkanes of at least 4 members (excludes halogenated alkanes) is 2. The number of benzene rings is 1. The lowest BCUT2D eigenvalue weighted by atomic mass is 10.1. The molecule has 0 saturated heterocycles. The predicted molar refractivity (Wildman–Crippen MR) is 112 cm³/mol. The van der Waals surface area contributed by atoms with Crippen molar-refractivity contribution >= 4 is 45.2 Å². The molecule has 1 aromatic carbocycles. The van der Waals surface area contributed by atoms with Crippen LogP contribution in [0, 0.1) is 13.8 Å². The Morgan fingerprint density at radius 2 is 2.07 bits per heavy atom. The number of carbonyl (C=O) groups is 1. The molecule has 27 heavy (non-hydrogen) atoms. The highest BCUT2D eigenvalue weighted by Crippen LogP contribution is 2.28. The van der Waals surface area contributed by atoms with Crippen molar-refractivity contribution in [3.05, 3.63) is 29.6 Å². The molecule has 2 aromatic heterocycles. The van der Waals surface area contributed by atoms with E-state index in [1.54, 1.807) is 4.52 Å².